The number of ketones is 1. The highest BCUT2D eigenvalue weighted by Crippen LogP contribution is 2.17. The first-order chi connectivity index (χ1) is 12.7. The van der Waals surface area contributed by atoms with Gasteiger partial charge in [-0.2, -0.15) is 10.1 Å². The van der Waals surface area contributed by atoms with E-state index in [1.54, 1.807) is 30.5 Å². The molecule has 0 amide bonds. The van der Waals surface area contributed by atoms with Crippen molar-refractivity contribution in [3.63, 3.8) is 0 Å². The van der Waals surface area contributed by atoms with Crippen LogP contribution in [-0.4, -0.2) is 26.1 Å². The zero-order chi connectivity index (χ0) is 17.9. The molecule has 0 radical (unpaired) electrons. The molecule has 1 N–H and O–H groups in total. The molecule has 0 aliphatic carbocycles. The largest absolute Gasteiger partial charge is 0.484 e. The number of carbonyl (C=O) groups is 1. The SMILES string of the molecule is CC(=O)c1cccc(OCc2nc(Cc3ccc4[nH]ncc4c3)no2)c1. The predicted molar refractivity (Wildman–Crippen MR) is 94.0 cm³/mol. The maximum Gasteiger partial charge on any atom is 0.264 e. The van der Waals surface area contributed by atoms with Crippen LogP contribution in [0.4, 0.5) is 0 Å². The van der Waals surface area contributed by atoms with Gasteiger partial charge in [-0.05, 0) is 36.8 Å². The maximum absolute atomic E-state index is 11.4. The third-order valence-corrected chi connectivity index (χ3v) is 3.98. The smallest absolute Gasteiger partial charge is 0.264 e. The van der Waals surface area contributed by atoms with E-state index in [0.717, 1.165) is 16.5 Å². The van der Waals surface area contributed by atoms with E-state index >= 15 is 0 Å². The van der Waals surface area contributed by atoms with Crippen LogP contribution in [0.15, 0.2) is 53.2 Å². The molecule has 130 valence electrons. The van der Waals surface area contributed by atoms with Crippen LogP contribution in [0, 0.1) is 0 Å². The quantitative estimate of drug-likeness (QED) is 0.537. The van der Waals surface area contributed by atoms with E-state index < -0.39 is 0 Å². The Morgan fingerprint density at radius 2 is 2.15 bits per heavy atom. The van der Waals surface area contributed by atoms with Gasteiger partial charge in [-0.3, -0.25) is 9.89 Å². The number of nitrogens with one attached hydrogen (secondary N) is 1. The van der Waals surface area contributed by atoms with E-state index in [4.69, 9.17) is 9.26 Å². The van der Waals surface area contributed by atoms with Gasteiger partial charge in [0, 0.05) is 17.4 Å². The third kappa shape index (κ3) is 3.46. The molecule has 0 saturated heterocycles. The van der Waals surface area contributed by atoms with E-state index in [2.05, 4.69) is 20.3 Å². The molecule has 0 spiro atoms. The minimum Gasteiger partial charge on any atom is -0.484 e. The van der Waals surface area contributed by atoms with Crippen LogP contribution in [0.2, 0.25) is 0 Å². The summed E-state index contributed by atoms with van der Waals surface area (Å²) in [4.78, 5) is 15.8. The summed E-state index contributed by atoms with van der Waals surface area (Å²) in [5, 5.41) is 12.0. The number of H-pyrrole nitrogens is 1. The first-order valence-electron chi connectivity index (χ1n) is 8.14. The number of Topliss-reactive ketones (excluding diaryl/α,β-unsaturated/α-hetero) is 1. The molecule has 0 aliphatic rings. The Hall–Kier alpha value is -3.48. The van der Waals surface area contributed by atoms with Crippen LogP contribution in [0.3, 0.4) is 0 Å². The van der Waals surface area contributed by atoms with E-state index in [-0.39, 0.29) is 12.4 Å². The average molecular weight is 348 g/mol. The van der Waals surface area contributed by atoms with Gasteiger partial charge in [0.25, 0.3) is 5.89 Å². The Balaban J connectivity index is 1.41. The number of benzene rings is 2. The lowest BCUT2D eigenvalue weighted by atomic mass is 10.1. The van der Waals surface area contributed by atoms with Crippen LogP contribution >= 0.6 is 0 Å². The Labute approximate surface area is 149 Å². The van der Waals surface area contributed by atoms with Gasteiger partial charge >= 0.3 is 0 Å². The first kappa shape index (κ1) is 16.0. The number of aromatic nitrogens is 4. The fraction of sp³-hybridized carbons (Fsp3) is 0.158. The summed E-state index contributed by atoms with van der Waals surface area (Å²) < 4.78 is 10.9. The van der Waals surface area contributed by atoms with E-state index in [0.29, 0.717) is 29.4 Å². The number of rotatable bonds is 6. The van der Waals surface area contributed by atoms with Gasteiger partial charge in [0.15, 0.2) is 18.2 Å². The van der Waals surface area contributed by atoms with Crippen LogP contribution in [0.1, 0.15) is 34.6 Å². The van der Waals surface area contributed by atoms with Crippen molar-refractivity contribution in [1.29, 1.82) is 0 Å². The summed E-state index contributed by atoms with van der Waals surface area (Å²) in [5.41, 5.74) is 2.66. The number of hydrogen-bond donors (Lipinski definition) is 1. The van der Waals surface area contributed by atoms with Crippen molar-refractivity contribution >= 4 is 16.7 Å². The van der Waals surface area contributed by atoms with Crippen molar-refractivity contribution in [3.8, 4) is 5.75 Å². The zero-order valence-electron chi connectivity index (χ0n) is 14.1. The Kier molecular flexibility index (Phi) is 4.18. The van der Waals surface area contributed by atoms with Gasteiger partial charge in [-0.25, -0.2) is 0 Å². The van der Waals surface area contributed by atoms with Crippen molar-refractivity contribution in [3.05, 3.63) is 71.5 Å². The molecular weight excluding hydrogens is 332 g/mol. The van der Waals surface area contributed by atoms with Gasteiger partial charge in [0.1, 0.15) is 5.75 Å². The molecular formula is C19H16N4O3. The number of nitrogens with zero attached hydrogens (tertiary/aromatic N) is 3. The number of ether oxygens (including phenoxy) is 1. The molecule has 0 bridgehead atoms. The molecule has 0 aliphatic heterocycles. The molecule has 4 rings (SSSR count). The lowest BCUT2D eigenvalue weighted by molar-refractivity contribution is 0.101. The molecule has 7 heteroatoms. The second-order valence-corrected chi connectivity index (χ2v) is 5.95. The van der Waals surface area contributed by atoms with Gasteiger partial charge in [0.2, 0.25) is 0 Å². The van der Waals surface area contributed by atoms with Crippen molar-refractivity contribution in [2.45, 2.75) is 20.0 Å². The molecule has 2 aromatic carbocycles. The normalized spacial score (nSPS) is 11.0. The molecule has 7 nitrogen and oxygen atoms in total. The lowest BCUT2D eigenvalue weighted by Crippen LogP contribution is -1.98. The van der Waals surface area contributed by atoms with Crippen molar-refractivity contribution < 1.29 is 14.1 Å². The molecule has 26 heavy (non-hydrogen) atoms. The first-order valence-corrected chi connectivity index (χ1v) is 8.14. The Morgan fingerprint density at radius 1 is 1.23 bits per heavy atom. The highest BCUT2D eigenvalue weighted by molar-refractivity contribution is 5.94. The number of fused-ring (bicyclic) bond motifs is 1. The topological polar surface area (TPSA) is 93.9 Å². The monoisotopic (exact) mass is 348 g/mol. The summed E-state index contributed by atoms with van der Waals surface area (Å²) in [7, 11) is 0. The minimum absolute atomic E-state index is 0.00915. The van der Waals surface area contributed by atoms with Crippen molar-refractivity contribution in [1.82, 2.24) is 20.3 Å². The van der Waals surface area contributed by atoms with Gasteiger partial charge in [0.05, 0.1) is 11.7 Å². The molecule has 0 fully saturated rings. The fourth-order valence-corrected chi connectivity index (χ4v) is 2.66. The molecule has 0 unspecified atom stereocenters. The van der Waals surface area contributed by atoms with Gasteiger partial charge < -0.3 is 9.26 Å². The number of aromatic amines is 1. The average Bonchev–Trinajstić information content (AvgIpc) is 3.29. The summed E-state index contributed by atoms with van der Waals surface area (Å²) in [6.07, 6.45) is 2.34. The zero-order valence-corrected chi connectivity index (χ0v) is 14.1. The van der Waals surface area contributed by atoms with Crippen LogP contribution in [0.5, 0.6) is 5.75 Å². The Bertz CT molecular complexity index is 1070. The summed E-state index contributed by atoms with van der Waals surface area (Å²) in [5.74, 6) is 1.55. The Morgan fingerprint density at radius 3 is 3.04 bits per heavy atom. The van der Waals surface area contributed by atoms with E-state index in [9.17, 15) is 4.79 Å². The molecule has 0 saturated carbocycles. The molecule has 2 heterocycles. The number of hydrogen-bond acceptors (Lipinski definition) is 6. The number of carbonyl (C=O) groups excluding carboxylic acids is 1. The van der Waals surface area contributed by atoms with E-state index in [1.165, 1.54) is 6.92 Å². The summed E-state index contributed by atoms with van der Waals surface area (Å²) >= 11 is 0. The summed E-state index contributed by atoms with van der Waals surface area (Å²) in [6, 6.07) is 13.0. The second kappa shape index (κ2) is 6.79. The highest BCUT2D eigenvalue weighted by Gasteiger charge is 2.09. The molecule has 0 atom stereocenters. The minimum atomic E-state index is -0.00915. The second-order valence-electron chi connectivity index (χ2n) is 5.95. The lowest BCUT2D eigenvalue weighted by Gasteiger charge is -2.04. The van der Waals surface area contributed by atoms with Crippen LogP contribution in [0.25, 0.3) is 10.9 Å². The van der Waals surface area contributed by atoms with Crippen molar-refractivity contribution in [2.24, 2.45) is 0 Å². The van der Waals surface area contributed by atoms with Crippen LogP contribution in [-0.2, 0) is 13.0 Å². The van der Waals surface area contributed by atoms with Crippen LogP contribution < -0.4 is 4.74 Å². The summed E-state index contributed by atoms with van der Waals surface area (Å²) in [6.45, 7) is 1.67. The molecule has 2 aromatic heterocycles. The third-order valence-electron chi connectivity index (χ3n) is 3.98. The van der Waals surface area contributed by atoms with E-state index in [1.807, 2.05) is 18.2 Å². The molecule has 4 aromatic rings. The standard InChI is InChI=1S/C19H16N4O3/c1-12(24)14-3-2-4-16(9-14)25-11-19-21-18(23-26-19)8-13-5-6-17-15(7-13)10-20-22-17/h2-7,9-10H,8,11H2,1H3,(H,20,22). The van der Waals surface area contributed by atoms with Gasteiger partial charge in [-0.15, -0.1) is 0 Å². The maximum atomic E-state index is 11.4. The van der Waals surface area contributed by atoms with Gasteiger partial charge in [-0.1, -0.05) is 23.4 Å². The van der Waals surface area contributed by atoms with Crippen molar-refractivity contribution in [2.75, 3.05) is 0 Å². The fourth-order valence-electron chi connectivity index (χ4n) is 2.66. The highest BCUT2D eigenvalue weighted by atomic mass is 16.5. The predicted octanol–water partition coefficient (Wildman–Crippen LogP) is 3.32.